The SMILES string of the molecule is CCC(=O)N(Cc1ccccc1)[C@H](C)C(=O)NCCO. The van der Waals surface area contributed by atoms with Crippen LogP contribution in [0.1, 0.15) is 25.8 Å². The lowest BCUT2D eigenvalue weighted by molar-refractivity contribution is -0.140. The van der Waals surface area contributed by atoms with Crippen molar-refractivity contribution in [2.45, 2.75) is 32.9 Å². The van der Waals surface area contributed by atoms with Crippen molar-refractivity contribution in [3.8, 4) is 0 Å². The van der Waals surface area contributed by atoms with Crippen LogP contribution in [0, 0.1) is 0 Å². The van der Waals surface area contributed by atoms with Crippen LogP contribution in [-0.4, -0.2) is 41.0 Å². The average molecular weight is 278 g/mol. The maximum absolute atomic E-state index is 12.0. The fourth-order valence-electron chi connectivity index (χ4n) is 1.89. The quantitative estimate of drug-likeness (QED) is 0.779. The minimum absolute atomic E-state index is 0.0690. The molecule has 5 nitrogen and oxygen atoms in total. The Balaban J connectivity index is 2.78. The van der Waals surface area contributed by atoms with Crippen LogP contribution in [0.5, 0.6) is 0 Å². The van der Waals surface area contributed by atoms with Crippen molar-refractivity contribution in [1.29, 1.82) is 0 Å². The Morgan fingerprint density at radius 3 is 2.50 bits per heavy atom. The van der Waals surface area contributed by atoms with Gasteiger partial charge in [-0.2, -0.15) is 0 Å². The lowest BCUT2D eigenvalue weighted by atomic mass is 10.1. The average Bonchev–Trinajstić information content (AvgIpc) is 2.49. The molecule has 0 aromatic heterocycles. The van der Waals surface area contributed by atoms with E-state index in [0.717, 1.165) is 5.56 Å². The summed E-state index contributed by atoms with van der Waals surface area (Å²) in [6.07, 6.45) is 0.352. The van der Waals surface area contributed by atoms with E-state index in [9.17, 15) is 9.59 Å². The van der Waals surface area contributed by atoms with Crippen LogP contribution in [-0.2, 0) is 16.1 Å². The first-order valence-electron chi connectivity index (χ1n) is 6.82. The van der Waals surface area contributed by atoms with Gasteiger partial charge < -0.3 is 15.3 Å². The topological polar surface area (TPSA) is 69.6 Å². The number of carbonyl (C=O) groups is 2. The van der Waals surface area contributed by atoms with Gasteiger partial charge in [-0.1, -0.05) is 37.3 Å². The van der Waals surface area contributed by atoms with Gasteiger partial charge in [0.15, 0.2) is 0 Å². The van der Waals surface area contributed by atoms with Gasteiger partial charge in [-0.3, -0.25) is 9.59 Å². The van der Waals surface area contributed by atoms with E-state index in [4.69, 9.17) is 5.11 Å². The Morgan fingerprint density at radius 1 is 1.30 bits per heavy atom. The summed E-state index contributed by atoms with van der Waals surface area (Å²) >= 11 is 0. The zero-order chi connectivity index (χ0) is 15.0. The monoisotopic (exact) mass is 278 g/mol. The summed E-state index contributed by atoms with van der Waals surface area (Å²) in [4.78, 5) is 25.5. The lowest BCUT2D eigenvalue weighted by Gasteiger charge is -2.28. The molecule has 110 valence electrons. The van der Waals surface area contributed by atoms with E-state index in [2.05, 4.69) is 5.32 Å². The molecule has 0 fully saturated rings. The van der Waals surface area contributed by atoms with E-state index < -0.39 is 6.04 Å². The molecular weight excluding hydrogens is 256 g/mol. The summed E-state index contributed by atoms with van der Waals surface area (Å²) in [5.41, 5.74) is 0.983. The summed E-state index contributed by atoms with van der Waals surface area (Å²) in [6.45, 7) is 3.96. The molecule has 1 aromatic rings. The summed E-state index contributed by atoms with van der Waals surface area (Å²) in [5.74, 6) is -0.322. The minimum atomic E-state index is -0.561. The molecule has 0 aliphatic carbocycles. The van der Waals surface area contributed by atoms with Gasteiger partial charge in [0.25, 0.3) is 0 Å². The number of hydrogen-bond donors (Lipinski definition) is 2. The Bertz CT molecular complexity index is 434. The second-order valence-corrected chi connectivity index (χ2v) is 4.55. The highest BCUT2D eigenvalue weighted by Gasteiger charge is 2.24. The standard InChI is InChI=1S/C15H22N2O3/c1-3-14(19)17(11-13-7-5-4-6-8-13)12(2)15(20)16-9-10-18/h4-8,12,18H,3,9-11H2,1-2H3,(H,16,20)/t12-/m1/s1. The largest absolute Gasteiger partial charge is 0.395 e. The predicted molar refractivity (Wildman–Crippen MR) is 76.8 cm³/mol. The molecule has 0 aliphatic heterocycles. The fraction of sp³-hybridized carbons (Fsp3) is 0.467. The summed E-state index contributed by atoms with van der Waals surface area (Å²) in [5, 5.41) is 11.3. The zero-order valence-electron chi connectivity index (χ0n) is 12.0. The Labute approximate surface area is 119 Å². The van der Waals surface area contributed by atoms with E-state index in [-0.39, 0.29) is 25.0 Å². The molecule has 0 heterocycles. The molecule has 1 aromatic carbocycles. The van der Waals surface area contributed by atoms with Crippen molar-refractivity contribution in [2.75, 3.05) is 13.2 Å². The van der Waals surface area contributed by atoms with Gasteiger partial charge in [0, 0.05) is 19.5 Å². The summed E-state index contributed by atoms with van der Waals surface area (Å²) < 4.78 is 0. The van der Waals surface area contributed by atoms with Crippen molar-refractivity contribution < 1.29 is 14.7 Å². The van der Waals surface area contributed by atoms with E-state index in [1.54, 1.807) is 18.7 Å². The minimum Gasteiger partial charge on any atom is -0.395 e. The van der Waals surface area contributed by atoms with Crippen LogP contribution in [0.4, 0.5) is 0 Å². The fourth-order valence-corrected chi connectivity index (χ4v) is 1.89. The molecule has 0 unspecified atom stereocenters. The highest BCUT2D eigenvalue weighted by molar-refractivity contribution is 5.87. The molecule has 0 spiro atoms. The maximum atomic E-state index is 12.0. The Hall–Kier alpha value is -1.88. The molecule has 20 heavy (non-hydrogen) atoms. The second-order valence-electron chi connectivity index (χ2n) is 4.55. The first-order valence-corrected chi connectivity index (χ1v) is 6.82. The third kappa shape index (κ3) is 4.66. The van der Waals surface area contributed by atoms with Crippen molar-refractivity contribution in [3.63, 3.8) is 0 Å². The highest BCUT2D eigenvalue weighted by Crippen LogP contribution is 2.10. The highest BCUT2D eigenvalue weighted by atomic mass is 16.3. The molecule has 5 heteroatoms. The van der Waals surface area contributed by atoms with Crippen LogP contribution < -0.4 is 5.32 Å². The Kier molecular flexibility index (Phi) is 6.73. The molecule has 0 aliphatic rings. The molecule has 1 atom stereocenters. The Morgan fingerprint density at radius 2 is 1.95 bits per heavy atom. The van der Waals surface area contributed by atoms with Gasteiger partial charge in [0.1, 0.15) is 6.04 Å². The van der Waals surface area contributed by atoms with E-state index in [0.29, 0.717) is 13.0 Å². The van der Waals surface area contributed by atoms with Crippen molar-refractivity contribution in [1.82, 2.24) is 10.2 Å². The number of rotatable bonds is 7. The number of aliphatic hydroxyl groups is 1. The number of carbonyl (C=O) groups excluding carboxylic acids is 2. The zero-order valence-corrected chi connectivity index (χ0v) is 12.0. The number of nitrogens with one attached hydrogen (secondary N) is 1. The smallest absolute Gasteiger partial charge is 0.242 e. The third-order valence-corrected chi connectivity index (χ3v) is 3.08. The first kappa shape index (κ1) is 16.2. The second kappa shape index (κ2) is 8.32. The van der Waals surface area contributed by atoms with E-state index in [1.807, 2.05) is 30.3 Å². The third-order valence-electron chi connectivity index (χ3n) is 3.08. The van der Waals surface area contributed by atoms with Crippen molar-refractivity contribution in [3.05, 3.63) is 35.9 Å². The van der Waals surface area contributed by atoms with Crippen LogP contribution in [0.3, 0.4) is 0 Å². The van der Waals surface area contributed by atoms with Gasteiger partial charge in [-0.15, -0.1) is 0 Å². The molecule has 0 saturated heterocycles. The molecule has 0 saturated carbocycles. The normalized spacial score (nSPS) is 11.8. The van der Waals surface area contributed by atoms with Crippen molar-refractivity contribution in [2.24, 2.45) is 0 Å². The number of nitrogens with zero attached hydrogens (tertiary/aromatic N) is 1. The van der Waals surface area contributed by atoms with Gasteiger partial charge in [-0.05, 0) is 12.5 Å². The predicted octanol–water partition coefficient (Wildman–Crippen LogP) is 0.922. The van der Waals surface area contributed by atoms with Gasteiger partial charge in [0.05, 0.1) is 6.61 Å². The summed E-state index contributed by atoms with van der Waals surface area (Å²) in [7, 11) is 0. The number of benzene rings is 1. The molecule has 0 radical (unpaired) electrons. The van der Waals surface area contributed by atoms with E-state index in [1.165, 1.54) is 0 Å². The lowest BCUT2D eigenvalue weighted by Crippen LogP contribution is -2.47. The number of aliphatic hydroxyl groups excluding tert-OH is 1. The van der Waals surface area contributed by atoms with Gasteiger partial charge in [0.2, 0.25) is 11.8 Å². The molecule has 1 rings (SSSR count). The van der Waals surface area contributed by atoms with Crippen LogP contribution in [0.15, 0.2) is 30.3 Å². The van der Waals surface area contributed by atoms with Gasteiger partial charge in [-0.25, -0.2) is 0 Å². The van der Waals surface area contributed by atoms with Crippen LogP contribution in [0.25, 0.3) is 0 Å². The van der Waals surface area contributed by atoms with E-state index >= 15 is 0 Å². The number of amides is 2. The van der Waals surface area contributed by atoms with Crippen LogP contribution >= 0.6 is 0 Å². The molecule has 0 bridgehead atoms. The maximum Gasteiger partial charge on any atom is 0.242 e. The summed E-state index contributed by atoms with van der Waals surface area (Å²) in [6, 6.07) is 9.00. The van der Waals surface area contributed by atoms with Crippen molar-refractivity contribution >= 4 is 11.8 Å². The van der Waals surface area contributed by atoms with Crippen LogP contribution in [0.2, 0.25) is 0 Å². The number of hydrogen-bond acceptors (Lipinski definition) is 3. The first-order chi connectivity index (χ1) is 9.60. The molecular formula is C15H22N2O3. The molecule has 2 N–H and O–H groups in total. The van der Waals surface area contributed by atoms with Gasteiger partial charge >= 0.3 is 0 Å². The molecule has 2 amide bonds.